The van der Waals surface area contributed by atoms with Gasteiger partial charge >= 0.3 is 0 Å². The number of carbonyl (C=O) groups is 1. The van der Waals surface area contributed by atoms with Gasteiger partial charge in [-0.25, -0.2) is 4.98 Å². The number of fused-ring (bicyclic) bond motifs is 1. The van der Waals surface area contributed by atoms with E-state index >= 15 is 0 Å². The average molecular weight is 342 g/mol. The highest BCUT2D eigenvalue weighted by Gasteiger charge is 2.25. The molecular weight excluding hydrogens is 324 g/mol. The summed E-state index contributed by atoms with van der Waals surface area (Å²) >= 11 is 0. The van der Waals surface area contributed by atoms with Crippen molar-refractivity contribution in [2.24, 2.45) is 7.05 Å². The third kappa shape index (κ3) is 2.82. The molecule has 1 aliphatic heterocycles. The number of rotatable bonds is 3. The van der Waals surface area contributed by atoms with E-state index in [2.05, 4.69) is 15.2 Å². The minimum atomic E-state index is -0.856. The molecule has 25 heavy (non-hydrogen) atoms. The zero-order valence-corrected chi connectivity index (χ0v) is 13.7. The molecule has 0 bridgehead atoms. The van der Waals surface area contributed by atoms with E-state index in [0.717, 1.165) is 12.1 Å². The molecule has 1 aliphatic rings. The van der Waals surface area contributed by atoms with Gasteiger partial charge in [0.1, 0.15) is 6.10 Å². The number of hydrogen-bond donors (Lipinski definition) is 1. The highest BCUT2D eigenvalue weighted by molar-refractivity contribution is 5.91. The van der Waals surface area contributed by atoms with E-state index in [-0.39, 0.29) is 11.7 Å². The number of aryl methyl sites for hydroxylation is 2. The van der Waals surface area contributed by atoms with E-state index < -0.39 is 6.10 Å². The van der Waals surface area contributed by atoms with E-state index in [9.17, 15) is 9.90 Å². The van der Waals surface area contributed by atoms with Gasteiger partial charge in [-0.3, -0.25) is 14.2 Å². The molecule has 1 amide bonds. The molecule has 0 saturated carbocycles. The summed E-state index contributed by atoms with van der Waals surface area (Å²) in [6.07, 6.45) is 4.22. The predicted molar refractivity (Wildman–Crippen MR) is 85.4 cm³/mol. The summed E-state index contributed by atoms with van der Waals surface area (Å²) in [4.78, 5) is 18.0. The summed E-state index contributed by atoms with van der Waals surface area (Å²) in [5, 5.41) is 19.2. The molecule has 0 aromatic carbocycles. The first-order chi connectivity index (χ1) is 12.1. The standard InChI is InChI=1S/C16H18N6O3/c1-20-13(3-4-18-20)15(23)12-7-11-9-21(5-2-6-22(11)19-12)16(24)14-8-17-10-25-14/h3-4,7-8,10,15,23H,2,5-6,9H2,1H3/t15-/m1/s1. The van der Waals surface area contributed by atoms with Crippen LogP contribution in [0.15, 0.2) is 35.3 Å². The Balaban J connectivity index is 1.59. The molecule has 9 heteroatoms. The first-order valence-corrected chi connectivity index (χ1v) is 8.04. The summed E-state index contributed by atoms with van der Waals surface area (Å²) < 4.78 is 8.58. The minimum absolute atomic E-state index is 0.194. The quantitative estimate of drug-likeness (QED) is 0.753. The van der Waals surface area contributed by atoms with Crippen molar-refractivity contribution in [2.45, 2.75) is 25.6 Å². The average Bonchev–Trinajstić information content (AvgIpc) is 3.33. The molecule has 9 nitrogen and oxygen atoms in total. The SMILES string of the molecule is Cn1nccc1[C@H](O)c1cc2n(n1)CCCN(C(=O)c1cnco1)C2. The van der Waals surface area contributed by atoms with Crippen molar-refractivity contribution in [3.8, 4) is 0 Å². The second-order valence-electron chi connectivity index (χ2n) is 6.01. The van der Waals surface area contributed by atoms with Crippen LogP contribution in [-0.2, 0) is 20.1 Å². The first kappa shape index (κ1) is 15.6. The number of carbonyl (C=O) groups excluding carboxylic acids is 1. The monoisotopic (exact) mass is 342 g/mol. The Morgan fingerprint density at radius 2 is 2.28 bits per heavy atom. The van der Waals surface area contributed by atoms with E-state index in [0.29, 0.717) is 31.0 Å². The number of amides is 1. The maximum atomic E-state index is 12.5. The van der Waals surface area contributed by atoms with Gasteiger partial charge in [0.25, 0.3) is 5.91 Å². The molecule has 0 unspecified atom stereocenters. The molecule has 3 aromatic rings. The predicted octanol–water partition coefficient (Wildman–Crippen LogP) is 0.732. The lowest BCUT2D eigenvalue weighted by Crippen LogP contribution is -2.30. The highest BCUT2D eigenvalue weighted by atomic mass is 16.3. The Morgan fingerprint density at radius 3 is 3.00 bits per heavy atom. The zero-order valence-electron chi connectivity index (χ0n) is 13.7. The van der Waals surface area contributed by atoms with Crippen LogP contribution in [0.3, 0.4) is 0 Å². The molecule has 4 rings (SSSR count). The van der Waals surface area contributed by atoms with Gasteiger partial charge in [0.05, 0.1) is 29.8 Å². The van der Waals surface area contributed by atoms with E-state index in [4.69, 9.17) is 4.42 Å². The van der Waals surface area contributed by atoms with Gasteiger partial charge in [-0.1, -0.05) is 0 Å². The topological polar surface area (TPSA) is 102 Å². The van der Waals surface area contributed by atoms with Crippen molar-refractivity contribution < 1.29 is 14.3 Å². The number of nitrogens with zero attached hydrogens (tertiary/aromatic N) is 6. The first-order valence-electron chi connectivity index (χ1n) is 8.04. The Hall–Kier alpha value is -2.94. The van der Waals surface area contributed by atoms with Gasteiger partial charge in [0, 0.05) is 26.3 Å². The van der Waals surface area contributed by atoms with Crippen molar-refractivity contribution in [1.82, 2.24) is 29.4 Å². The van der Waals surface area contributed by atoms with Gasteiger partial charge in [-0.15, -0.1) is 0 Å². The van der Waals surface area contributed by atoms with Crippen molar-refractivity contribution >= 4 is 5.91 Å². The maximum absolute atomic E-state index is 12.5. The summed E-state index contributed by atoms with van der Waals surface area (Å²) in [5.74, 6) is 0.0315. The lowest BCUT2D eigenvalue weighted by Gasteiger charge is -2.18. The van der Waals surface area contributed by atoms with E-state index in [1.165, 1.54) is 12.6 Å². The molecule has 1 atom stereocenters. The summed E-state index contributed by atoms with van der Waals surface area (Å²) in [5.41, 5.74) is 2.09. The van der Waals surface area contributed by atoms with E-state index in [1.54, 1.807) is 28.9 Å². The summed E-state index contributed by atoms with van der Waals surface area (Å²) in [6.45, 7) is 1.71. The second kappa shape index (κ2) is 6.17. The molecule has 0 radical (unpaired) electrons. The lowest BCUT2D eigenvalue weighted by atomic mass is 10.2. The fourth-order valence-electron chi connectivity index (χ4n) is 3.07. The minimum Gasteiger partial charge on any atom is -0.438 e. The van der Waals surface area contributed by atoms with Crippen molar-refractivity contribution in [3.05, 3.63) is 53.8 Å². The summed E-state index contributed by atoms with van der Waals surface area (Å²) in [6, 6.07) is 3.60. The van der Waals surface area contributed by atoms with Crippen LogP contribution in [0.4, 0.5) is 0 Å². The number of aromatic nitrogens is 5. The van der Waals surface area contributed by atoms with Crippen LogP contribution < -0.4 is 0 Å². The Bertz CT molecular complexity index is 882. The fraction of sp³-hybridized carbons (Fsp3) is 0.375. The summed E-state index contributed by atoms with van der Waals surface area (Å²) in [7, 11) is 1.78. The van der Waals surface area contributed by atoms with Gasteiger partial charge < -0.3 is 14.4 Å². The third-order valence-corrected chi connectivity index (χ3v) is 4.38. The van der Waals surface area contributed by atoms with Gasteiger partial charge in [0.2, 0.25) is 5.76 Å². The zero-order chi connectivity index (χ0) is 17.4. The number of aliphatic hydroxyl groups is 1. The van der Waals surface area contributed by atoms with Crippen molar-refractivity contribution in [3.63, 3.8) is 0 Å². The Labute approximate surface area is 143 Å². The van der Waals surface area contributed by atoms with Crippen LogP contribution in [0, 0.1) is 0 Å². The van der Waals surface area contributed by atoms with Crippen LogP contribution in [0.5, 0.6) is 0 Å². The van der Waals surface area contributed by atoms with Crippen LogP contribution >= 0.6 is 0 Å². The van der Waals surface area contributed by atoms with Crippen LogP contribution in [0.1, 0.15) is 40.2 Å². The smallest absolute Gasteiger partial charge is 0.291 e. The Kier molecular flexibility index (Phi) is 3.85. The molecule has 3 aromatic heterocycles. The number of oxazole rings is 1. The van der Waals surface area contributed by atoms with Crippen molar-refractivity contribution in [1.29, 1.82) is 0 Å². The van der Waals surface area contributed by atoms with Crippen LogP contribution in [-0.4, -0.2) is 47.0 Å². The molecular formula is C16H18N6O3. The normalized spacial score (nSPS) is 15.7. The van der Waals surface area contributed by atoms with Crippen molar-refractivity contribution in [2.75, 3.05) is 6.54 Å². The third-order valence-electron chi connectivity index (χ3n) is 4.38. The largest absolute Gasteiger partial charge is 0.438 e. The van der Waals surface area contributed by atoms with Crippen LogP contribution in [0.25, 0.3) is 0 Å². The maximum Gasteiger partial charge on any atom is 0.291 e. The Morgan fingerprint density at radius 1 is 1.40 bits per heavy atom. The molecule has 0 fully saturated rings. The highest BCUT2D eigenvalue weighted by Crippen LogP contribution is 2.23. The van der Waals surface area contributed by atoms with Crippen LogP contribution in [0.2, 0.25) is 0 Å². The van der Waals surface area contributed by atoms with Gasteiger partial charge in [0.15, 0.2) is 6.39 Å². The fourth-order valence-corrected chi connectivity index (χ4v) is 3.07. The molecule has 130 valence electrons. The van der Waals surface area contributed by atoms with Gasteiger partial charge in [-0.2, -0.15) is 10.2 Å². The molecule has 0 saturated heterocycles. The van der Waals surface area contributed by atoms with Gasteiger partial charge in [-0.05, 0) is 18.6 Å². The molecule has 4 heterocycles. The second-order valence-corrected chi connectivity index (χ2v) is 6.01. The van der Waals surface area contributed by atoms with E-state index in [1.807, 2.05) is 10.7 Å². The molecule has 1 N–H and O–H groups in total. The number of hydrogen-bond acceptors (Lipinski definition) is 6. The number of aliphatic hydroxyl groups excluding tert-OH is 1. The molecule has 0 spiro atoms. The molecule has 0 aliphatic carbocycles. The lowest BCUT2D eigenvalue weighted by molar-refractivity contribution is 0.0713.